The Morgan fingerprint density at radius 3 is 2.59 bits per heavy atom. The van der Waals surface area contributed by atoms with Crippen molar-refractivity contribution in [3.05, 3.63) is 23.8 Å². The Kier molecular flexibility index (Phi) is 5.05. The van der Waals surface area contributed by atoms with Crippen molar-refractivity contribution in [3.8, 4) is 5.75 Å². The Hall–Kier alpha value is -1.63. The highest BCUT2D eigenvalue weighted by atomic mass is 16.5. The second kappa shape index (κ2) is 6.64. The topological polar surface area (TPSA) is 96.0 Å². The molecule has 6 heteroatoms. The zero-order chi connectivity index (χ0) is 16.4. The summed E-state index contributed by atoms with van der Waals surface area (Å²) in [6.07, 6.45) is -1.60. The summed E-state index contributed by atoms with van der Waals surface area (Å²) in [5.41, 5.74) is 7.36. The maximum Gasteiger partial charge on any atom is 0.268 e. The van der Waals surface area contributed by atoms with Gasteiger partial charge in [-0.25, -0.2) is 0 Å². The van der Waals surface area contributed by atoms with Crippen molar-refractivity contribution in [1.29, 1.82) is 0 Å². The summed E-state index contributed by atoms with van der Waals surface area (Å²) in [6.45, 7) is 5.29. The Labute approximate surface area is 130 Å². The lowest BCUT2D eigenvalue weighted by atomic mass is 10.0. The van der Waals surface area contributed by atoms with Crippen LogP contribution in [0.25, 0.3) is 0 Å². The molecule has 4 N–H and O–H groups in total. The van der Waals surface area contributed by atoms with E-state index in [-0.39, 0.29) is 24.4 Å². The van der Waals surface area contributed by atoms with Crippen molar-refractivity contribution < 1.29 is 19.7 Å². The summed E-state index contributed by atoms with van der Waals surface area (Å²) < 4.78 is 5.81. The predicted octanol–water partition coefficient (Wildman–Crippen LogP) is 0.809. The van der Waals surface area contributed by atoms with Gasteiger partial charge in [-0.15, -0.1) is 0 Å². The number of nitrogens with two attached hydrogens (primary N) is 1. The SMILES string of the molecule is CC(N)c1ccc2c(c1)N(CC(O)CO)C(=O)C(C(C)C)O2. The molecular weight excluding hydrogens is 284 g/mol. The fourth-order valence-electron chi connectivity index (χ4n) is 2.47. The van der Waals surface area contributed by atoms with Crippen LogP contribution in [0.3, 0.4) is 0 Å². The number of hydrogen-bond donors (Lipinski definition) is 3. The van der Waals surface area contributed by atoms with Crippen LogP contribution in [-0.4, -0.2) is 41.5 Å². The second-order valence-corrected chi connectivity index (χ2v) is 6.08. The number of benzene rings is 1. The number of nitrogens with zero attached hydrogens (tertiary/aromatic N) is 1. The number of rotatable bonds is 5. The molecule has 0 aromatic heterocycles. The van der Waals surface area contributed by atoms with E-state index in [4.69, 9.17) is 15.6 Å². The van der Waals surface area contributed by atoms with E-state index in [0.717, 1.165) is 5.56 Å². The van der Waals surface area contributed by atoms with Gasteiger partial charge in [0, 0.05) is 6.04 Å². The molecule has 0 bridgehead atoms. The molecule has 0 radical (unpaired) electrons. The summed E-state index contributed by atoms with van der Waals surface area (Å²) in [7, 11) is 0. The first-order chi connectivity index (χ1) is 10.3. The number of fused-ring (bicyclic) bond motifs is 1. The molecule has 6 nitrogen and oxygen atoms in total. The van der Waals surface area contributed by atoms with Gasteiger partial charge in [0.1, 0.15) is 5.75 Å². The molecule has 0 fully saturated rings. The monoisotopic (exact) mass is 308 g/mol. The van der Waals surface area contributed by atoms with Gasteiger partial charge in [-0.05, 0) is 30.5 Å². The van der Waals surface area contributed by atoms with Gasteiger partial charge in [0.15, 0.2) is 6.10 Å². The van der Waals surface area contributed by atoms with E-state index in [0.29, 0.717) is 11.4 Å². The van der Waals surface area contributed by atoms with Crippen LogP contribution in [0.15, 0.2) is 18.2 Å². The van der Waals surface area contributed by atoms with Gasteiger partial charge >= 0.3 is 0 Å². The van der Waals surface area contributed by atoms with E-state index in [1.807, 2.05) is 26.8 Å². The average molecular weight is 308 g/mol. The van der Waals surface area contributed by atoms with Crippen molar-refractivity contribution in [2.75, 3.05) is 18.1 Å². The van der Waals surface area contributed by atoms with Crippen molar-refractivity contribution >= 4 is 11.6 Å². The summed E-state index contributed by atoms with van der Waals surface area (Å²) in [5, 5.41) is 18.8. The van der Waals surface area contributed by atoms with E-state index in [1.54, 1.807) is 12.1 Å². The Morgan fingerprint density at radius 1 is 1.36 bits per heavy atom. The molecule has 1 aromatic carbocycles. The molecule has 1 aliphatic rings. The van der Waals surface area contributed by atoms with Crippen molar-refractivity contribution in [2.45, 2.75) is 39.0 Å². The highest BCUT2D eigenvalue weighted by Gasteiger charge is 2.37. The minimum absolute atomic E-state index is 0.00234. The van der Waals surface area contributed by atoms with Gasteiger partial charge in [-0.3, -0.25) is 4.79 Å². The lowest BCUT2D eigenvalue weighted by Gasteiger charge is -2.37. The smallest absolute Gasteiger partial charge is 0.268 e. The molecule has 0 saturated carbocycles. The molecule has 122 valence electrons. The van der Waals surface area contributed by atoms with Crippen molar-refractivity contribution in [1.82, 2.24) is 0 Å². The molecule has 1 amide bonds. The summed E-state index contributed by atoms with van der Waals surface area (Å²) >= 11 is 0. The van der Waals surface area contributed by atoms with Crippen LogP contribution >= 0.6 is 0 Å². The maximum absolute atomic E-state index is 12.6. The highest BCUT2D eigenvalue weighted by Crippen LogP contribution is 2.37. The van der Waals surface area contributed by atoms with Crippen LogP contribution in [0, 0.1) is 5.92 Å². The number of amides is 1. The predicted molar refractivity (Wildman–Crippen MR) is 83.7 cm³/mol. The minimum atomic E-state index is -0.998. The van der Waals surface area contributed by atoms with Crippen LogP contribution < -0.4 is 15.4 Å². The molecule has 3 atom stereocenters. The van der Waals surface area contributed by atoms with Gasteiger partial charge in [0.25, 0.3) is 5.91 Å². The number of carbonyl (C=O) groups excluding carboxylic acids is 1. The van der Waals surface area contributed by atoms with E-state index < -0.39 is 18.8 Å². The van der Waals surface area contributed by atoms with Gasteiger partial charge in [-0.2, -0.15) is 0 Å². The molecule has 0 saturated heterocycles. The van der Waals surface area contributed by atoms with E-state index in [1.165, 1.54) is 4.90 Å². The molecule has 1 heterocycles. The Balaban J connectivity index is 2.44. The Bertz CT molecular complexity index is 545. The quantitative estimate of drug-likeness (QED) is 0.748. The third-order valence-electron chi connectivity index (χ3n) is 3.77. The number of β-amino-alcohol motifs (C(OH)–C–C–N with tert-alkyl or cyclic N) is 1. The van der Waals surface area contributed by atoms with Crippen LogP contribution in [0.4, 0.5) is 5.69 Å². The van der Waals surface area contributed by atoms with E-state index in [2.05, 4.69) is 0 Å². The lowest BCUT2D eigenvalue weighted by Crippen LogP contribution is -2.51. The number of anilines is 1. The molecular formula is C16H24N2O4. The molecule has 1 aliphatic heterocycles. The van der Waals surface area contributed by atoms with Gasteiger partial charge in [0.05, 0.1) is 24.9 Å². The fourth-order valence-corrected chi connectivity index (χ4v) is 2.47. The van der Waals surface area contributed by atoms with Crippen LogP contribution in [0.5, 0.6) is 5.75 Å². The first kappa shape index (κ1) is 16.7. The van der Waals surface area contributed by atoms with Crippen molar-refractivity contribution in [2.24, 2.45) is 11.7 Å². The number of ether oxygens (including phenoxy) is 1. The minimum Gasteiger partial charge on any atom is -0.478 e. The number of aliphatic hydroxyl groups excluding tert-OH is 2. The average Bonchev–Trinajstić information content (AvgIpc) is 2.48. The van der Waals surface area contributed by atoms with Gasteiger partial charge in [0.2, 0.25) is 0 Å². The third-order valence-corrected chi connectivity index (χ3v) is 3.77. The van der Waals surface area contributed by atoms with Gasteiger partial charge < -0.3 is 25.6 Å². The summed E-state index contributed by atoms with van der Waals surface area (Å²) in [5.74, 6) is 0.382. The lowest BCUT2D eigenvalue weighted by molar-refractivity contribution is -0.128. The standard InChI is InChI=1S/C16H24N2O4/c1-9(2)15-16(21)18(7-12(20)8-19)13-6-11(10(3)17)4-5-14(13)22-15/h4-6,9-10,12,15,19-20H,7-8,17H2,1-3H3. The molecule has 2 rings (SSSR count). The first-order valence-electron chi connectivity index (χ1n) is 7.51. The van der Waals surface area contributed by atoms with E-state index in [9.17, 15) is 9.90 Å². The van der Waals surface area contributed by atoms with Crippen LogP contribution in [0.2, 0.25) is 0 Å². The molecule has 0 spiro atoms. The molecule has 3 unspecified atom stereocenters. The van der Waals surface area contributed by atoms with E-state index >= 15 is 0 Å². The van der Waals surface area contributed by atoms with Crippen molar-refractivity contribution in [3.63, 3.8) is 0 Å². The molecule has 1 aromatic rings. The first-order valence-corrected chi connectivity index (χ1v) is 7.51. The molecule has 22 heavy (non-hydrogen) atoms. The number of aliphatic hydroxyl groups is 2. The summed E-state index contributed by atoms with van der Waals surface area (Å²) in [4.78, 5) is 14.1. The zero-order valence-electron chi connectivity index (χ0n) is 13.2. The fraction of sp³-hybridized carbons (Fsp3) is 0.562. The third kappa shape index (κ3) is 3.24. The Morgan fingerprint density at radius 2 is 2.05 bits per heavy atom. The van der Waals surface area contributed by atoms with Crippen LogP contribution in [-0.2, 0) is 4.79 Å². The van der Waals surface area contributed by atoms with Gasteiger partial charge in [-0.1, -0.05) is 19.9 Å². The van der Waals surface area contributed by atoms with Crippen LogP contribution in [0.1, 0.15) is 32.4 Å². The zero-order valence-corrected chi connectivity index (χ0v) is 13.2. The maximum atomic E-state index is 12.6. The number of carbonyl (C=O) groups is 1. The second-order valence-electron chi connectivity index (χ2n) is 6.08. The normalized spacial score (nSPS) is 20.6. The largest absolute Gasteiger partial charge is 0.478 e. The molecule has 0 aliphatic carbocycles. The summed E-state index contributed by atoms with van der Waals surface area (Å²) in [6, 6.07) is 5.30. The highest BCUT2D eigenvalue weighted by molar-refractivity contribution is 6.00. The number of hydrogen-bond acceptors (Lipinski definition) is 5.